The van der Waals surface area contributed by atoms with Crippen LogP contribution in [0, 0.1) is 6.92 Å². The predicted octanol–water partition coefficient (Wildman–Crippen LogP) is 3.08. The first-order valence-electron chi connectivity index (χ1n) is 6.81. The Morgan fingerprint density at radius 2 is 2.11 bits per heavy atom. The fraction of sp³-hybridized carbons (Fsp3) is 0.533. The van der Waals surface area contributed by atoms with E-state index in [9.17, 15) is 0 Å². The molecule has 0 amide bonds. The highest BCUT2D eigenvalue weighted by Gasteiger charge is 2.10. The standard InChI is InChI=1S/C15H23N3/c1-5-16-9-8-13-6-7-15-14(10-13)17-12(4)18(15)11(2)3/h6-7,10-11,16H,5,8-9H2,1-4H3. The van der Waals surface area contributed by atoms with Crippen molar-refractivity contribution in [2.75, 3.05) is 13.1 Å². The Bertz CT molecular complexity index is 526. The van der Waals surface area contributed by atoms with Crippen molar-refractivity contribution in [2.45, 2.75) is 40.2 Å². The third-order valence-electron chi connectivity index (χ3n) is 3.29. The minimum absolute atomic E-state index is 0.461. The van der Waals surface area contributed by atoms with Gasteiger partial charge in [0.05, 0.1) is 11.0 Å². The van der Waals surface area contributed by atoms with Gasteiger partial charge in [-0.05, 0) is 58.0 Å². The van der Waals surface area contributed by atoms with Gasteiger partial charge < -0.3 is 9.88 Å². The number of rotatable bonds is 5. The van der Waals surface area contributed by atoms with Gasteiger partial charge in [-0.25, -0.2) is 4.98 Å². The molecule has 1 N–H and O–H groups in total. The van der Waals surface area contributed by atoms with Crippen LogP contribution in [0.3, 0.4) is 0 Å². The molecule has 1 heterocycles. The Hall–Kier alpha value is -1.35. The first kappa shape index (κ1) is 13.1. The second-order valence-electron chi connectivity index (χ2n) is 5.05. The van der Waals surface area contributed by atoms with Crippen LogP contribution in [0.2, 0.25) is 0 Å². The largest absolute Gasteiger partial charge is 0.326 e. The van der Waals surface area contributed by atoms with E-state index < -0.39 is 0 Å². The molecule has 18 heavy (non-hydrogen) atoms. The number of imidazole rings is 1. The maximum Gasteiger partial charge on any atom is 0.106 e. The van der Waals surface area contributed by atoms with Gasteiger partial charge in [0.25, 0.3) is 0 Å². The van der Waals surface area contributed by atoms with Crippen LogP contribution in [0.4, 0.5) is 0 Å². The van der Waals surface area contributed by atoms with Gasteiger partial charge in [-0.3, -0.25) is 0 Å². The minimum atomic E-state index is 0.461. The fourth-order valence-electron chi connectivity index (χ4n) is 2.48. The Morgan fingerprint density at radius 3 is 2.78 bits per heavy atom. The lowest BCUT2D eigenvalue weighted by Crippen LogP contribution is -2.15. The molecule has 0 atom stereocenters. The minimum Gasteiger partial charge on any atom is -0.326 e. The molecule has 0 saturated heterocycles. The molecule has 0 spiro atoms. The SMILES string of the molecule is CCNCCc1ccc2c(c1)nc(C)n2C(C)C. The zero-order valence-electron chi connectivity index (χ0n) is 11.8. The van der Waals surface area contributed by atoms with E-state index in [1.807, 2.05) is 0 Å². The van der Waals surface area contributed by atoms with Crippen molar-refractivity contribution < 1.29 is 0 Å². The van der Waals surface area contributed by atoms with Crippen LogP contribution in [0.5, 0.6) is 0 Å². The van der Waals surface area contributed by atoms with Gasteiger partial charge in [0, 0.05) is 6.04 Å². The second-order valence-corrected chi connectivity index (χ2v) is 5.05. The molecule has 0 aliphatic rings. The highest BCUT2D eigenvalue weighted by molar-refractivity contribution is 5.77. The van der Waals surface area contributed by atoms with Crippen LogP contribution < -0.4 is 5.32 Å². The molecule has 0 bridgehead atoms. The molecule has 1 aromatic carbocycles. The summed E-state index contributed by atoms with van der Waals surface area (Å²) in [5.74, 6) is 1.10. The van der Waals surface area contributed by atoms with E-state index in [0.717, 1.165) is 30.9 Å². The second kappa shape index (κ2) is 5.53. The summed E-state index contributed by atoms with van der Waals surface area (Å²) in [6.07, 6.45) is 1.07. The maximum absolute atomic E-state index is 4.67. The van der Waals surface area contributed by atoms with Crippen LogP contribution in [0.1, 0.15) is 38.2 Å². The monoisotopic (exact) mass is 245 g/mol. The summed E-state index contributed by atoms with van der Waals surface area (Å²) in [6, 6.07) is 7.11. The van der Waals surface area contributed by atoms with Crippen molar-refractivity contribution in [1.82, 2.24) is 14.9 Å². The van der Waals surface area contributed by atoms with Gasteiger partial charge in [0.15, 0.2) is 0 Å². The summed E-state index contributed by atoms with van der Waals surface area (Å²) < 4.78 is 2.30. The lowest BCUT2D eigenvalue weighted by atomic mass is 10.1. The Balaban J connectivity index is 2.30. The summed E-state index contributed by atoms with van der Waals surface area (Å²) in [4.78, 5) is 4.67. The fourth-order valence-corrected chi connectivity index (χ4v) is 2.48. The number of hydrogen-bond acceptors (Lipinski definition) is 2. The van der Waals surface area contributed by atoms with Gasteiger partial charge in [-0.15, -0.1) is 0 Å². The Labute approximate surface area is 109 Å². The quantitative estimate of drug-likeness (QED) is 0.820. The van der Waals surface area contributed by atoms with Crippen molar-refractivity contribution in [3.05, 3.63) is 29.6 Å². The highest BCUT2D eigenvalue weighted by atomic mass is 15.1. The number of benzene rings is 1. The molecular weight excluding hydrogens is 222 g/mol. The normalized spacial score (nSPS) is 11.6. The molecule has 2 aromatic rings. The van der Waals surface area contributed by atoms with Crippen LogP contribution >= 0.6 is 0 Å². The van der Waals surface area contributed by atoms with E-state index in [1.54, 1.807) is 0 Å². The van der Waals surface area contributed by atoms with E-state index in [-0.39, 0.29) is 0 Å². The number of aromatic nitrogens is 2. The lowest BCUT2D eigenvalue weighted by molar-refractivity contribution is 0.600. The number of fused-ring (bicyclic) bond motifs is 1. The zero-order chi connectivity index (χ0) is 13.1. The maximum atomic E-state index is 4.67. The molecule has 2 rings (SSSR count). The average molecular weight is 245 g/mol. The number of nitrogens with zero attached hydrogens (tertiary/aromatic N) is 2. The first-order chi connectivity index (χ1) is 8.63. The van der Waals surface area contributed by atoms with Crippen molar-refractivity contribution >= 4 is 11.0 Å². The molecule has 0 saturated carbocycles. The van der Waals surface area contributed by atoms with Crippen LogP contribution in [-0.2, 0) is 6.42 Å². The third kappa shape index (κ3) is 2.56. The van der Waals surface area contributed by atoms with Gasteiger partial charge >= 0.3 is 0 Å². The van der Waals surface area contributed by atoms with Crippen LogP contribution in [-0.4, -0.2) is 22.6 Å². The van der Waals surface area contributed by atoms with E-state index in [1.165, 1.54) is 11.1 Å². The molecule has 3 heteroatoms. The summed E-state index contributed by atoms with van der Waals surface area (Å²) in [5.41, 5.74) is 3.72. The number of aryl methyl sites for hydroxylation is 1. The molecule has 0 aliphatic heterocycles. The van der Waals surface area contributed by atoms with E-state index >= 15 is 0 Å². The molecular formula is C15H23N3. The summed E-state index contributed by atoms with van der Waals surface area (Å²) in [5, 5.41) is 3.35. The number of likely N-dealkylation sites (N-methyl/N-ethyl adjacent to an activating group) is 1. The topological polar surface area (TPSA) is 29.9 Å². The summed E-state index contributed by atoms with van der Waals surface area (Å²) >= 11 is 0. The third-order valence-corrected chi connectivity index (χ3v) is 3.29. The van der Waals surface area contributed by atoms with Crippen molar-refractivity contribution in [2.24, 2.45) is 0 Å². The van der Waals surface area contributed by atoms with Crippen molar-refractivity contribution in [3.63, 3.8) is 0 Å². The molecule has 0 fully saturated rings. The Kier molecular flexibility index (Phi) is 4.02. The zero-order valence-corrected chi connectivity index (χ0v) is 11.8. The van der Waals surface area contributed by atoms with E-state index in [2.05, 4.69) is 60.8 Å². The molecule has 1 aromatic heterocycles. The molecule has 3 nitrogen and oxygen atoms in total. The Morgan fingerprint density at radius 1 is 1.33 bits per heavy atom. The predicted molar refractivity (Wildman–Crippen MR) is 77.1 cm³/mol. The number of nitrogens with one attached hydrogen (secondary N) is 1. The highest BCUT2D eigenvalue weighted by Crippen LogP contribution is 2.21. The van der Waals surface area contributed by atoms with Gasteiger partial charge in [0.1, 0.15) is 5.82 Å². The van der Waals surface area contributed by atoms with Crippen LogP contribution in [0.25, 0.3) is 11.0 Å². The average Bonchev–Trinajstić information content (AvgIpc) is 2.64. The summed E-state index contributed by atoms with van der Waals surface area (Å²) in [6.45, 7) is 10.7. The van der Waals surface area contributed by atoms with Gasteiger partial charge in [-0.2, -0.15) is 0 Å². The molecule has 0 radical (unpaired) electrons. The van der Waals surface area contributed by atoms with Gasteiger partial charge in [-0.1, -0.05) is 13.0 Å². The van der Waals surface area contributed by atoms with Crippen molar-refractivity contribution in [3.8, 4) is 0 Å². The molecule has 0 aliphatic carbocycles. The lowest BCUT2D eigenvalue weighted by Gasteiger charge is -2.10. The first-order valence-corrected chi connectivity index (χ1v) is 6.81. The smallest absolute Gasteiger partial charge is 0.106 e. The van der Waals surface area contributed by atoms with E-state index in [0.29, 0.717) is 6.04 Å². The molecule has 0 unspecified atom stereocenters. The van der Waals surface area contributed by atoms with Gasteiger partial charge in [0.2, 0.25) is 0 Å². The number of hydrogen-bond donors (Lipinski definition) is 1. The summed E-state index contributed by atoms with van der Waals surface area (Å²) in [7, 11) is 0. The molecule has 98 valence electrons. The van der Waals surface area contributed by atoms with E-state index in [4.69, 9.17) is 0 Å². The van der Waals surface area contributed by atoms with Crippen LogP contribution in [0.15, 0.2) is 18.2 Å². The van der Waals surface area contributed by atoms with Crippen molar-refractivity contribution in [1.29, 1.82) is 0 Å².